The van der Waals surface area contributed by atoms with E-state index in [0.29, 0.717) is 31.5 Å². The molecular formula is C13H9BrCl3N3O. The molecule has 0 bridgehead atoms. The number of carbonyl (C=O) groups excluding carboxylic acids is 1. The summed E-state index contributed by atoms with van der Waals surface area (Å²) < 4.78 is 0.638. The topological polar surface area (TPSA) is 67.1 Å². The summed E-state index contributed by atoms with van der Waals surface area (Å²) in [7, 11) is 0. The van der Waals surface area contributed by atoms with Gasteiger partial charge >= 0.3 is 0 Å². The van der Waals surface area contributed by atoms with Crippen LogP contribution >= 0.6 is 50.7 Å². The van der Waals surface area contributed by atoms with Gasteiger partial charge in [0.1, 0.15) is 0 Å². The lowest BCUT2D eigenvalue weighted by Gasteiger charge is -2.12. The molecule has 4 nitrogen and oxygen atoms in total. The van der Waals surface area contributed by atoms with Crippen molar-refractivity contribution in [1.29, 1.82) is 0 Å². The van der Waals surface area contributed by atoms with Crippen LogP contribution in [0.3, 0.4) is 0 Å². The van der Waals surface area contributed by atoms with E-state index >= 15 is 0 Å². The first-order chi connectivity index (χ1) is 9.93. The molecule has 2 rings (SSSR count). The summed E-state index contributed by atoms with van der Waals surface area (Å²) in [6.07, 6.45) is 0. The summed E-state index contributed by atoms with van der Waals surface area (Å²) >= 11 is 21.3. The maximum absolute atomic E-state index is 12.3. The first-order valence-electron chi connectivity index (χ1n) is 5.65. The van der Waals surface area contributed by atoms with Gasteiger partial charge in [-0.05, 0) is 46.3 Å². The highest BCUT2D eigenvalue weighted by Crippen LogP contribution is 2.36. The van der Waals surface area contributed by atoms with Gasteiger partial charge in [0.15, 0.2) is 0 Å². The van der Waals surface area contributed by atoms with E-state index in [2.05, 4.69) is 26.7 Å². The van der Waals surface area contributed by atoms with Crippen molar-refractivity contribution in [2.75, 3.05) is 10.7 Å². The van der Waals surface area contributed by atoms with E-state index in [9.17, 15) is 4.79 Å². The molecule has 0 saturated carbocycles. The highest BCUT2D eigenvalue weighted by molar-refractivity contribution is 9.10. The smallest absolute Gasteiger partial charge is 0.257 e. The minimum atomic E-state index is -0.411. The van der Waals surface area contributed by atoms with E-state index in [1.807, 2.05) is 0 Å². The van der Waals surface area contributed by atoms with Crippen LogP contribution in [-0.2, 0) is 0 Å². The summed E-state index contributed by atoms with van der Waals surface area (Å²) in [6.45, 7) is 0. The number of nitrogen functional groups attached to an aromatic ring is 1. The zero-order valence-corrected chi connectivity index (χ0v) is 14.2. The maximum Gasteiger partial charge on any atom is 0.257 e. The molecular weight excluding hydrogens is 400 g/mol. The normalized spacial score (nSPS) is 10.3. The first-order valence-corrected chi connectivity index (χ1v) is 7.57. The van der Waals surface area contributed by atoms with Crippen molar-refractivity contribution >= 4 is 68.0 Å². The molecule has 21 heavy (non-hydrogen) atoms. The van der Waals surface area contributed by atoms with Gasteiger partial charge in [0.25, 0.3) is 5.91 Å². The zero-order chi connectivity index (χ0) is 15.6. The largest absolute Gasteiger partial charge is 0.323 e. The number of nitrogens with two attached hydrogens (primary N) is 1. The van der Waals surface area contributed by atoms with Crippen LogP contribution in [0.2, 0.25) is 15.1 Å². The third kappa shape index (κ3) is 3.62. The van der Waals surface area contributed by atoms with Crippen molar-refractivity contribution in [3.8, 4) is 0 Å². The van der Waals surface area contributed by atoms with E-state index in [4.69, 9.17) is 40.6 Å². The summed E-state index contributed by atoms with van der Waals surface area (Å²) in [6, 6.07) is 8.05. The van der Waals surface area contributed by atoms with Crippen LogP contribution in [0.25, 0.3) is 0 Å². The zero-order valence-electron chi connectivity index (χ0n) is 10.4. The van der Waals surface area contributed by atoms with Crippen LogP contribution in [0.15, 0.2) is 34.8 Å². The highest BCUT2D eigenvalue weighted by Gasteiger charge is 2.15. The molecule has 2 aromatic carbocycles. The van der Waals surface area contributed by atoms with Gasteiger partial charge in [-0.2, -0.15) is 0 Å². The van der Waals surface area contributed by atoms with Gasteiger partial charge in [-0.15, -0.1) is 0 Å². The predicted molar refractivity (Wildman–Crippen MR) is 91.4 cm³/mol. The third-order valence-corrected chi connectivity index (χ3v) is 4.67. The molecule has 0 fully saturated rings. The van der Waals surface area contributed by atoms with Gasteiger partial charge in [0, 0.05) is 9.50 Å². The Bertz CT molecular complexity index is 709. The lowest BCUT2D eigenvalue weighted by atomic mass is 10.1. The Morgan fingerprint density at radius 1 is 1.05 bits per heavy atom. The van der Waals surface area contributed by atoms with Crippen LogP contribution in [0.4, 0.5) is 11.4 Å². The molecule has 0 radical (unpaired) electrons. The Kier molecular flexibility index (Phi) is 5.35. The van der Waals surface area contributed by atoms with E-state index in [0.717, 1.165) is 0 Å². The van der Waals surface area contributed by atoms with E-state index in [1.54, 1.807) is 24.3 Å². The van der Waals surface area contributed by atoms with Crippen LogP contribution in [0.1, 0.15) is 10.4 Å². The quantitative estimate of drug-likeness (QED) is 0.382. The molecule has 8 heteroatoms. The van der Waals surface area contributed by atoms with Gasteiger partial charge in [-0.25, -0.2) is 0 Å². The summed E-state index contributed by atoms with van der Waals surface area (Å²) in [5, 5.41) is 3.64. The van der Waals surface area contributed by atoms with Crippen molar-refractivity contribution < 1.29 is 4.79 Å². The lowest BCUT2D eigenvalue weighted by molar-refractivity contribution is 0.102. The van der Waals surface area contributed by atoms with Gasteiger partial charge in [-0.3, -0.25) is 10.6 Å². The second-order valence-corrected chi connectivity index (χ2v) is 6.06. The standard InChI is InChI=1S/C13H9BrCl3N3O/c14-8-2-4-10(12(17)11(8)16)19-13(21)7-5-6(15)1-3-9(7)20-18/h1-5,20H,18H2,(H,19,21). The molecule has 2 aromatic rings. The average Bonchev–Trinajstić information content (AvgIpc) is 2.47. The molecule has 4 N–H and O–H groups in total. The number of halogens is 4. The Balaban J connectivity index is 2.35. The van der Waals surface area contributed by atoms with Crippen LogP contribution < -0.4 is 16.6 Å². The Labute approximate surface area is 144 Å². The number of hydrogen-bond acceptors (Lipinski definition) is 3. The van der Waals surface area contributed by atoms with Crippen molar-refractivity contribution in [1.82, 2.24) is 0 Å². The van der Waals surface area contributed by atoms with E-state index < -0.39 is 5.91 Å². The minimum Gasteiger partial charge on any atom is -0.323 e. The molecule has 0 atom stereocenters. The molecule has 0 saturated heterocycles. The highest BCUT2D eigenvalue weighted by atomic mass is 79.9. The molecule has 0 aliphatic rings. The fourth-order valence-corrected chi connectivity index (χ4v) is 2.64. The Morgan fingerprint density at radius 2 is 1.71 bits per heavy atom. The number of carbonyl (C=O) groups is 1. The number of nitrogens with one attached hydrogen (secondary N) is 2. The van der Waals surface area contributed by atoms with Crippen molar-refractivity contribution in [3.63, 3.8) is 0 Å². The number of rotatable bonds is 3. The molecule has 0 spiro atoms. The van der Waals surface area contributed by atoms with Crippen molar-refractivity contribution in [2.45, 2.75) is 0 Å². The second kappa shape index (κ2) is 6.85. The Morgan fingerprint density at radius 3 is 2.38 bits per heavy atom. The number of hydrazine groups is 1. The molecule has 0 heterocycles. The van der Waals surface area contributed by atoms with Gasteiger partial charge in [0.05, 0.1) is 27.0 Å². The lowest BCUT2D eigenvalue weighted by Crippen LogP contribution is -2.17. The summed E-state index contributed by atoms with van der Waals surface area (Å²) in [5.74, 6) is 4.97. The molecule has 110 valence electrons. The SMILES string of the molecule is NNc1ccc(Cl)cc1C(=O)Nc1ccc(Br)c(Cl)c1Cl. The third-order valence-electron chi connectivity index (χ3n) is 2.67. The molecule has 0 aliphatic carbocycles. The molecule has 0 aromatic heterocycles. The minimum absolute atomic E-state index is 0.240. The fraction of sp³-hybridized carbons (Fsp3) is 0. The summed E-state index contributed by atoms with van der Waals surface area (Å²) in [5.41, 5.74) is 3.56. The Hall–Kier alpha value is -0.980. The van der Waals surface area contributed by atoms with E-state index in [1.165, 1.54) is 6.07 Å². The molecule has 0 unspecified atom stereocenters. The van der Waals surface area contributed by atoms with Crippen LogP contribution in [-0.4, -0.2) is 5.91 Å². The molecule has 1 amide bonds. The monoisotopic (exact) mass is 407 g/mol. The summed E-state index contributed by atoms with van der Waals surface area (Å²) in [4.78, 5) is 12.3. The van der Waals surface area contributed by atoms with Crippen molar-refractivity contribution in [3.05, 3.63) is 55.4 Å². The predicted octanol–water partition coefficient (Wildman–Crippen LogP) is 4.95. The number of anilines is 2. The van der Waals surface area contributed by atoms with E-state index in [-0.39, 0.29) is 5.02 Å². The van der Waals surface area contributed by atoms with Gasteiger partial charge in [-0.1, -0.05) is 34.8 Å². The number of amides is 1. The van der Waals surface area contributed by atoms with Crippen LogP contribution in [0, 0.1) is 0 Å². The first kappa shape index (κ1) is 16.4. The average molecular weight is 409 g/mol. The molecule has 0 aliphatic heterocycles. The van der Waals surface area contributed by atoms with Gasteiger partial charge in [0.2, 0.25) is 0 Å². The van der Waals surface area contributed by atoms with Crippen molar-refractivity contribution in [2.24, 2.45) is 5.84 Å². The van der Waals surface area contributed by atoms with Crippen LogP contribution in [0.5, 0.6) is 0 Å². The number of benzene rings is 2. The fourth-order valence-electron chi connectivity index (χ4n) is 1.64. The second-order valence-electron chi connectivity index (χ2n) is 4.01. The number of hydrogen-bond donors (Lipinski definition) is 3. The maximum atomic E-state index is 12.3. The van der Waals surface area contributed by atoms with Gasteiger partial charge < -0.3 is 10.7 Å².